The van der Waals surface area contributed by atoms with Gasteiger partial charge in [-0.25, -0.2) is 0 Å². The SMILES string of the molecule is CC(C)(C)c1ccc(-c2nnc(-c3ccc4c(c3)c3ccccc3n4CCCl)o2)cc1. The summed E-state index contributed by atoms with van der Waals surface area (Å²) >= 11 is 6.06. The molecule has 0 fully saturated rings. The maximum absolute atomic E-state index is 6.06. The Morgan fingerprint density at radius 1 is 0.806 bits per heavy atom. The van der Waals surface area contributed by atoms with Crippen LogP contribution in [0.25, 0.3) is 44.7 Å². The molecule has 5 rings (SSSR count). The fourth-order valence-corrected chi connectivity index (χ4v) is 4.25. The smallest absolute Gasteiger partial charge is 0.248 e. The van der Waals surface area contributed by atoms with Crippen molar-refractivity contribution in [2.45, 2.75) is 32.7 Å². The molecule has 0 saturated carbocycles. The van der Waals surface area contributed by atoms with Crippen molar-refractivity contribution >= 4 is 33.4 Å². The average Bonchev–Trinajstić information content (AvgIpc) is 3.38. The van der Waals surface area contributed by atoms with E-state index >= 15 is 0 Å². The summed E-state index contributed by atoms with van der Waals surface area (Å²) < 4.78 is 8.31. The van der Waals surface area contributed by atoms with Gasteiger partial charge in [0.1, 0.15) is 0 Å². The zero-order valence-corrected chi connectivity index (χ0v) is 18.6. The average molecular weight is 430 g/mol. The molecule has 2 aromatic heterocycles. The number of benzene rings is 3. The molecule has 0 radical (unpaired) electrons. The highest BCUT2D eigenvalue weighted by molar-refractivity contribution is 6.18. The van der Waals surface area contributed by atoms with Gasteiger partial charge in [0, 0.05) is 45.4 Å². The van der Waals surface area contributed by atoms with E-state index in [9.17, 15) is 0 Å². The van der Waals surface area contributed by atoms with E-state index in [2.05, 4.69) is 84.1 Å². The van der Waals surface area contributed by atoms with Crippen LogP contribution in [0.5, 0.6) is 0 Å². The fourth-order valence-electron chi connectivity index (χ4n) is 4.08. The first-order valence-electron chi connectivity index (χ1n) is 10.5. The number of rotatable bonds is 4. The van der Waals surface area contributed by atoms with E-state index in [1.54, 1.807) is 0 Å². The van der Waals surface area contributed by atoms with E-state index in [4.69, 9.17) is 16.0 Å². The molecule has 0 aliphatic carbocycles. The minimum Gasteiger partial charge on any atom is -0.416 e. The van der Waals surface area contributed by atoms with Crippen molar-refractivity contribution in [2.75, 3.05) is 5.88 Å². The molecule has 0 aliphatic heterocycles. The molecule has 31 heavy (non-hydrogen) atoms. The van der Waals surface area contributed by atoms with Crippen LogP contribution in [0.2, 0.25) is 0 Å². The van der Waals surface area contributed by atoms with Gasteiger partial charge in [-0.1, -0.05) is 51.1 Å². The van der Waals surface area contributed by atoms with E-state index in [0.29, 0.717) is 17.7 Å². The Balaban J connectivity index is 1.55. The van der Waals surface area contributed by atoms with Crippen molar-refractivity contribution in [1.82, 2.24) is 14.8 Å². The standard InChI is InChI=1S/C26H24ClN3O/c1-26(2,3)19-11-8-17(9-12-19)24-28-29-25(31-24)18-10-13-23-21(16-18)20-6-4-5-7-22(20)30(23)15-14-27/h4-13,16H,14-15H2,1-3H3. The number of alkyl halides is 1. The van der Waals surface area contributed by atoms with Crippen LogP contribution < -0.4 is 0 Å². The zero-order chi connectivity index (χ0) is 21.6. The first kappa shape index (κ1) is 19.8. The molecule has 0 N–H and O–H groups in total. The Morgan fingerprint density at radius 2 is 1.45 bits per heavy atom. The molecule has 4 nitrogen and oxygen atoms in total. The van der Waals surface area contributed by atoms with E-state index in [-0.39, 0.29) is 5.41 Å². The molecular formula is C26H24ClN3O. The van der Waals surface area contributed by atoms with Crippen molar-refractivity contribution in [1.29, 1.82) is 0 Å². The maximum Gasteiger partial charge on any atom is 0.248 e. The van der Waals surface area contributed by atoms with E-state index in [1.165, 1.54) is 16.5 Å². The van der Waals surface area contributed by atoms with Crippen LogP contribution in [0.3, 0.4) is 0 Å². The van der Waals surface area contributed by atoms with Gasteiger partial charge in [0.25, 0.3) is 0 Å². The highest BCUT2D eigenvalue weighted by Crippen LogP contribution is 2.33. The monoisotopic (exact) mass is 429 g/mol. The summed E-state index contributed by atoms with van der Waals surface area (Å²) in [6.45, 7) is 7.37. The van der Waals surface area contributed by atoms with Crippen LogP contribution in [-0.2, 0) is 12.0 Å². The van der Waals surface area contributed by atoms with Crippen LogP contribution in [0, 0.1) is 0 Å². The Hall–Kier alpha value is -3.11. The quantitative estimate of drug-likeness (QED) is 0.287. The third-order valence-corrected chi connectivity index (χ3v) is 5.92. The van der Waals surface area contributed by atoms with Crippen LogP contribution in [0.1, 0.15) is 26.3 Å². The molecule has 0 amide bonds. The molecule has 5 heteroatoms. The lowest BCUT2D eigenvalue weighted by atomic mass is 9.87. The summed E-state index contributed by atoms with van der Waals surface area (Å²) in [7, 11) is 0. The number of fused-ring (bicyclic) bond motifs is 3. The highest BCUT2D eigenvalue weighted by atomic mass is 35.5. The lowest BCUT2D eigenvalue weighted by molar-refractivity contribution is 0.582. The third-order valence-electron chi connectivity index (χ3n) is 5.75. The topological polar surface area (TPSA) is 43.9 Å². The van der Waals surface area contributed by atoms with Crippen LogP contribution in [0.15, 0.2) is 71.1 Å². The Morgan fingerprint density at radius 3 is 2.16 bits per heavy atom. The summed E-state index contributed by atoms with van der Waals surface area (Å²) in [6.07, 6.45) is 0. The first-order valence-corrected chi connectivity index (χ1v) is 11.0. The van der Waals surface area contributed by atoms with E-state index < -0.39 is 0 Å². The van der Waals surface area contributed by atoms with Gasteiger partial charge >= 0.3 is 0 Å². The van der Waals surface area contributed by atoms with Gasteiger partial charge in [-0.3, -0.25) is 0 Å². The minimum atomic E-state index is 0.108. The van der Waals surface area contributed by atoms with Gasteiger partial charge in [-0.05, 0) is 47.4 Å². The number of nitrogens with zero attached hydrogens (tertiary/aromatic N) is 3. The minimum absolute atomic E-state index is 0.108. The van der Waals surface area contributed by atoms with Crippen LogP contribution in [-0.4, -0.2) is 20.6 Å². The number of aromatic nitrogens is 3. The van der Waals surface area contributed by atoms with E-state index in [0.717, 1.165) is 28.6 Å². The fraction of sp³-hybridized carbons (Fsp3) is 0.231. The normalized spacial score (nSPS) is 12.1. The summed E-state index contributed by atoms with van der Waals surface area (Å²) in [4.78, 5) is 0. The molecule has 0 bridgehead atoms. The number of hydrogen-bond acceptors (Lipinski definition) is 3. The number of hydrogen-bond donors (Lipinski definition) is 0. The second-order valence-corrected chi connectivity index (χ2v) is 9.21. The lowest BCUT2D eigenvalue weighted by Crippen LogP contribution is -2.10. The summed E-state index contributed by atoms with van der Waals surface area (Å²) in [6, 6.07) is 23.0. The Bertz CT molecular complexity index is 1370. The predicted octanol–water partition coefficient (Wildman–Crippen LogP) is 7.05. The molecule has 156 valence electrons. The Labute approximate surface area is 186 Å². The number of halogens is 1. The summed E-state index contributed by atoms with van der Waals surface area (Å²) in [5, 5.41) is 11.0. The van der Waals surface area contributed by atoms with Crippen molar-refractivity contribution < 1.29 is 4.42 Å². The van der Waals surface area contributed by atoms with Gasteiger partial charge in [-0.15, -0.1) is 21.8 Å². The van der Waals surface area contributed by atoms with Gasteiger partial charge in [0.15, 0.2) is 0 Å². The summed E-state index contributed by atoms with van der Waals surface area (Å²) in [5.74, 6) is 1.61. The number of para-hydroxylation sites is 1. The first-order chi connectivity index (χ1) is 15.0. The second-order valence-electron chi connectivity index (χ2n) is 8.83. The largest absolute Gasteiger partial charge is 0.416 e. The van der Waals surface area contributed by atoms with E-state index in [1.807, 2.05) is 18.2 Å². The van der Waals surface area contributed by atoms with Crippen molar-refractivity contribution in [2.24, 2.45) is 0 Å². The zero-order valence-electron chi connectivity index (χ0n) is 17.9. The molecule has 0 unspecified atom stereocenters. The van der Waals surface area contributed by atoms with Gasteiger partial charge in [0.05, 0.1) is 0 Å². The molecule has 5 aromatic rings. The maximum atomic E-state index is 6.06. The molecule has 0 aliphatic rings. The third kappa shape index (κ3) is 3.51. The molecule has 0 spiro atoms. The predicted molar refractivity (Wildman–Crippen MR) is 128 cm³/mol. The Kier molecular flexibility index (Phi) is 4.82. The summed E-state index contributed by atoms with van der Waals surface area (Å²) in [5.41, 5.74) is 5.55. The molecular weight excluding hydrogens is 406 g/mol. The van der Waals surface area contributed by atoms with Crippen LogP contribution >= 0.6 is 11.6 Å². The van der Waals surface area contributed by atoms with Gasteiger partial charge < -0.3 is 8.98 Å². The van der Waals surface area contributed by atoms with Crippen molar-refractivity contribution in [3.63, 3.8) is 0 Å². The molecule has 2 heterocycles. The number of aryl methyl sites for hydroxylation is 1. The van der Waals surface area contributed by atoms with Crippen molar-refractivity contribution in [3.05, 3.63) is 72.3 Å². The molecule has 0 saturated heterocycles. The molecule has 0 atom stereocenters. The molecule has 3 aromatic carbocycles. The van der Waals surface area contributed by atoms with Crippen LogP contribution in [0.4, 0.5) is 0 Å². The lowest BCUT2D eigenvalue weighted by Gasteiger charge is -2.18. The highest BCUT2D eigenvalue weighted by Gasteiger charge is 2.16. The van der Waals surface area contributed by atoms with Crippen molar-refractivity contribution in [3.8, 4) is 22.9 Å². The second kappa shape index (κ2) is 7.54. The van der Waals surface area contributed by atoms with Gasteiger partial charge in [-0.2, -0.15) is 0 Å². The van der Waals surface area contributed by atoms with Gasteiger partial charge in [0.2, 0.25) is 11.8 Å².